The maximum absolute atomic E-state index is 15.0. The number of nitrogens with zero attached hydrogens (tertiary/aromatic N) is 4. The fraction of sp³-hybridized carbons (Fsp3) is 0.378. The smallest absolute Gasteiger partial charge is 0.271 e. The number of carbonyl (C=O) groups is 4. The summed E-state index contributed by atoms with van der Waals surface area (Å²) < 4.78 is 0. The van der Waals surface area contributed by atoms with E-state index in [1.54, 1.807) is 43.3 Å². The topological polar surface area (TPSA) is 243 Å². The summed E-state index contributed by atoms with van der Waals surface area (Å²) in [7, 11) is 0. The molecule has 4 rings (SSSR count). The Bertz CT molecular complexity index is 1810. The molecule has 1 aromatic heterocycles. The Kier molecular flexibility index (Phi) is 14.6. The van der Waals surface area contributed by atoms with E-state index in [0.717, 1.165) is 24.8 Å². The molecule has 3 aromatic rings. The number of carbonyl (C=O) groups excluding carboxylic acids is 5. The molecule has 1 fully saturated rings. The van der Waals surface area contributed by atoms with Gasteiger partial charge in [0, 0.05) is 12.6 Å². The van der Waals surface area contributed by atoms with Crippen LogP contribution in [0, 0.1) is 12.3 Å². The van der Waals surface area contributed by atoms with Gasteiger partial charge in [-0.15, -0.1) is 9.89 Å². The van der Waals surface area contributed by atoms with Crippen LogP contribution in [0.1, 0.15) is 68.7 Å². The van der Waals surface area contributed by atoms with Gasteiger partial charge in [-0.2, -0.15) is 0 Å². The molecular weight excluding hydrogens is 678 g/mol. The third kappa shape index (κ3) is 11.2. The molecule has 1 aliphatic rings. The third-order valence-electron chi connectivity index (χ3n) is 8.69. The Morgan fingerprint density at radius 2 is 1.68 bits per heavy atom. The van der Waals surface area contributed by atoms with E-state index in [-0.39, 0.29) is 30.3 Å². The normalized spacial score (nSPS) is 14.6. The fourth-order valence-electron chi connectivity index (χ4n) is 5.92. The van der Waals surface area contributed by atoms with Crippen molar-refractivity contribution in [1.29, 1.82) is 5.41 Å². The van der Waals surface area contributed by atoms with Crippen LogP contribution in [0.2, 0.25) is 0 Å². The first kappa shape index (κ1) is 39.7. The van der Waals surface area contributed by atoms with Crippen molar-refractivity contribution in [2.24, 2.45) is 11.5 Å². The molecule has 0 spiro atoms. The molecule has 280 valence electrons. The van der Waals surface area contributed by atoms with E-state index in [0.29, 0.717) is 30.5 Å². The van der Waals surface area contributed by atoms with Gasteiger partial charge in [-0.3, -0.25) is 24.6 Å². The van der Waals surface area contributed by atoms with Crippen LogP contribution in [0.4, 0.5) is 5.82 Å². The van der Waals surface area contributed by atoms with Gasteiger partial charge in [-0.25, -0.2) is 9.80 Å². The second kappa shape index (κ2) is 19.5. The molecule has 16 heteroatoms. The molecule has 0 aliphatic heterocycles. The molecule has 0 bridgehead atoms. The van der Waals surface area contributed by atoms with Crippen molar-refractivity contribution in [2.75, 3.05) is 16.9 Å². The zero-order valence-electron chi connectivity index (χ0n) is 29.9. The lowest BCUT2D eigenvalue weighted by Gasteiger charge is -2.36. The molecule has 4 amide bonds. The van der Waals surface area contributed by atoms with Gasteiger partial charge < -0.3 is 32.7 Å². The van der Waals surface area contributed by atoms with Gasteiger partial charge in [0.15, 0.2) is 11.8 Å². The maximum Gasteiger partial charge on any atom is 0.271 e. The van der Waals surface area contributed by atoms with Gasteiger partial charge in [-0.1, -0.05) is 79.9 Å². The van der Waals surface area contributed by atoms with Crippen molar-refractivity contribution in [3.63, 3.8) is 0 Å². The zero-order chi connectivity index (χ0) is 38.3. The van der Waals surface area contributed by atoms with E-state index < -0.39 is 47.8 Å². The van der Waals surface area contributed by atoms with Gasteiger partial charge in [0.25, 0.3) is 5.91 Å². The average Bonchev–Trinajstić information content (AvgIpc) is 3.51. The number of hydrogen-bond acceptors (Lipinski definition) is 9. The van der Waals surface area contributed by atoms with E-state index in [9.17, 15) is 19.2 Å². The van der Waals surface area contributed by atoms with Gasteiger partial charge in [0.05, 0.1) is 17.7 Å². The van der Waals surface area contributed by atoms with E-state index in [1.165, 1.54) is 22.8 Å². The largest absolute Gasteiger partial charge is 0.370 e. The Labute approximate surface area is 307 Å². The Balaban J connectivity index is 1.75. The van der Waals surface area contributed by atoms with Crippen molar-refractivity contribution in [3.8, 4) is 0 Å². The first-order valence-corrected chi connectivity index (χ1v) is 17.5. The summed E-state index contributed by atoms with van der Waals surface area (Å²) in [6, 6.07) is 13.4. The lowest BCUT2D eigenvalue weighted by atomic mass is 9.93. The van der Waals surface area contributed by atoms with E-state index >= 15 is 4.79 Å². The lowest BCUT2D eigenvalue weighted by molar-refractivity contribution is -0.131. The third-order valence-corrected chi connectivity index (χ3v) is 8.69. The summed E-state index contributed by atoms with van der Waals surface area (Å²) in [4.78, 5) is 69.0. The Morgan fingerprint density at radius 1 is 1.02 bits per heavy atom. The van der Waals surface area contributed by atoms with Crippen LogP contribution < -0.4 is 37.7 Å². The second-order valence-electron chi connectivity index (χ2n) is 12.8. The van der Waals surface area contributed by atoms with Crippen LogP contribution in [-0.4, -0.2) is 81.3 Å². The first-order chi connectivity index (χ1) is 25.5. The molecule has 16 nitrogen and oxygen atoms in total. The molecule has 3 atom stereocenters. The summed E-state index contributed by atoms with van der Waals surface area (Å²) in [5.74, 6) is -0.833. The number of benzene rings is 2. The van der Waals surface area contributed by atoms with Gasteiger partial charge in [0.1, 0.15) is 23.7 Å². The quantitative estimate of drug-likeness (QED) is 0.0369. The van der Waals surface area contributed by atoms with Gasteiger partial charge >= 0.3 is 0 Å². The van der Waals surface area contributed by atoms with Crippen molar-refractivity contribution in [3.05, 3.63) is 83.6 Å². The molecule has 0 saturated heterocycles. The molecular formula is C37H47N11O5. The van der Waals surface area contributed by atoms with Crippen LogP contribution in [0.15, 0.2) is 66.7 Å². The summed E-state index contributed by atoms with van der Waals surface area (Å²) in [6.07, 6.45) is 7.09. The number of nitrogens with one attached hydrogen (secondary N) is 5. The number of aryl methyl sites for hydroxylation is 1. The maximum atomic E-state index is 15.0. The van der Waals surface area contributed by atoms with Crippen LogP contribution >= 0.6 is 0 Å². The van der Waals surface area contributed by atoms with Gasteiger partial charge in [-0.05, 0) is 61.9 Å². The van der Waals surface area contributed by atoms with E-state index in [2.05, 4.69) is 31.6 Å². The van der Waals surface area contributed by atoms with E-state index in [1.807, 2.05) is 36.3 Å². The van der Waals surface area contributed by atoms with Crippen molar-refractivity contribution in [2.45, 2.75) is 83.0 Å². The number of nitrogens with two attached hydrogens (primary N) is 2. The highest BCUT2D eigenvalue weighted by Gasteiger charge is 2.39. The Hall–Kier alpha value is -6.12. The molecule has 0 radical (unpaired) electrons. The zero-order valence-corrected chi connectivity index (χ0v) is 29.9. The van der Waals surface area contributed by atoms with Crippen LogP contribution in [-0.2, 0) is 24.0 Å². The minimum atomic E-state index is -1.61. The first-order valence-electron chi connectivity index (χ1n) is 17.5. The average molecular weight is 726 g/mol. The number of guanidine groups is 1. The molecule has 0 unspecified atom stereocenters. The summed E-state index contributed by atoms with van der Waals surface area (Å²) >= 11 is 0. The molecule has 2 aromatic carbocycles. The predicted molar refractivity (Wildman–Crippen MR) is 201 cm³/mol. The number of rotatable bonds is 16. The monoisotopic (exact) mass is 725 g/mol. The molecule has 9 N–H and O–H groups in total. The minimum absolute atomic E-state index is 0.0816. The Morgan fingerprint density at radius 3 is 2.30 bits per heavy atom. The second-order valence-corrected chi connectivity index (χ2v) is 12.8. The highest BCUT2D eigenvalue weighted by molar-refractivity contribution is 6.10. The van der Waals surface area contributed by atoms with Gasteiger partial charge in [0.2, 0.25) is 17.7 Å². The summed E-state index contributed by atoms with van der Waals surface area (Å²) in [6.45, 7) is 3.33. The predicted octanol–water partition coefficient (Wildman–Crippen LogP) is 1.53. The van der Waals surface area contributed by atoms with Crippen molar-refractivity contribution in [1.82, 2.24) is 31.1 Å². The standard InChI is InChI=1S/C37H47N11O5/c1-24(38)34(51)42-30(19-12-22-41-37(39)40)35(52)44-32(29(23-49)27-15-8-4-9-16-27)36(53)47(28-17-10-5-11-18-28)48-33(25(2)45-46-48)43-31(50)21-20-26-13-6-3-7-14-26/h3-4,6-9,13-16,20-21,24,28,30,32H,5,10-12,17-19,22,38H2,1-2H3,(H,42,51)(H,43,50)(H,44,52)(H4,39,40,41)/t24-,30-,32-/m0/s1. The summed E-state index contributed by atoms with van der Waals surface area (Å²) in [5.41, 5.74) is 12.5. The minimum Gasteiger partial charge on any atom is -0.370 e. The van der Waals surface area contributed by atoms with Crippen molar-refractivity contribution >= 4 is 53.0 Å². The highest BCUT2D eigenvalue weighted by atomic mass is 16.2. The summed E-state index contributed by atoms with van der Waals surface area (Å²) in [5, 5.41) is 28.0. The van der Waals surface area contributed by atoms with Crippen LogP contribution in [0.3, 0.4) is 0 Å². The number of aromatic nitrogens is 3. The molecule has 1 heterocycles. The van der Waals surface area contributed by atoms with Crippen molar-refractivity contribution < 1.29 is 24.0 Å². The molecule has 53 heavy (non-hydrogen) atoms. The van der Waals surface area contributed by atoms with Crippen LogP contribution in [0.25, 0.3) is 11.6 Å². The fourth-order valence-corrected chi connectivity index (χ4v) is 5.92. The molecule has 1 aliphatic carbocycles. The van der Waals surface area contributed by atoms with Crippen LogP contribution in [0.5, 0.6) is 0 Å². The lowest BCUT2D eigenvalue weighted by Crippen LogP contribution is -2.60. The highest BCUT2D eigenvalue weighted by Crippen LogP contribution is 2.27. The number of hydrogen-bond donors (Lipinski definition) is 7. The number of anilines is 1. The molecule has 1 saturated carbocycles. The SMILES string of the molecule is Cc1nnn(N(C(=O)[C@@H](NC(=O)[C@H](CCCNC(=N)N)NC(=O)[C@H](C)N)C(=C=O)c2ccccc2)C2CCCCC2)c1NC(=O)C=Cc1ccccc1. The van der Waals surface area contributed by atoms with E-state index in [4.69, 9.17) is 16.9 Å². The number of amides is 4.